The van der Waals surface area contributed by atoms with Gasteiger partial charge in [-0.2, -0.15) is 11.8 Å². The van der Waals surface area contributed by atoms with Crippen LogP contribution in [-0.2, 0) is 43.2 Å². The van der Waals surface area contributed by atoms with E-state index in [0.29, 0.717) is 43.9 Å². The second-order valence-corrected chi connectivity index (χ2v) is 16.0. The van der Waals surface area contributed by atoms with Gasteiger partial charge in [0.05, 0.1) is 31.8 Å². The number of fused-ring (bicyclic) bond motifs is 1. The van der Waals surface area contributed by atoms with Crippen LogP contribution in [-0.4, -0.2) is 137 Å². The first kappa shape index (κ1) is 50.9. The molecule has 60 heavy (non-hydrogen) atoms. The van der Waals surface area contributed by atoms with Crippen molar-refractivity contribution in [1.29, 1.82) is 0 Å². The van der Waals surface area contributed by atoms with Crippen LogP contribution >= 0.6 is 11.8 Å². The van der Waals surface area contributed by atoms with Gasteiger partial charge in [-0.1, -0.05) is 26.7 Å². The molecule has 8 atom stereocenters. The Bertz CT molecular complexity index is 1540. The third kappa shape index (κ3) is 18.4. The van der Waals surface area contributed by atoms with Crippen molar-refractivity contribution in [1.82, 2.24) is 48.0 Å². The standard InChI is InChI=1S/C36H61N11O12S/c1-3-19(2)20(14-28(51)47-59)33(55)44-23(17-48)35(57)43-22(11-12-26(37)49)34(56)41-15-29(52)40-16-30(53)42-21(32(38)54)8-6-7-13-39-27(50)10-5-4-9-25-31-24(18-60-25)45-36(58)46-31/h19-25,31,48,59H,3-18H2,1-2H3,(H2,37,49)(H2,38,54)(H,39,50)(H,40,52)(H,41,56)(H,42,53)(H,43,57)(H,44,55)(H,47,51)(H2,45,46,58)/t19?,20?,21-,22-,23-,24-,25-,31-/m0/s1. The average Bonchev–Trinajstić information content (AvgIpc) is 3.77. The van der Waals surface area contributed by atoms with Crippen LogP contribution in [0.1, 0.15) is 84.5 Å². The van der Waals surface area contributed by atoms with Crippen molar-refractivity contribution in [2.75, 3.05) is 32.0 Å². The van der Waals surface area contributed by atoms with E-state index in [1.54, 1.807) is 13.8 Å². The molecule has 11 amide bonds. The molecule has 2 unspecified atom stereocenters. The molecule has 0 aromatic carbocycles. The van der Waals surface area contributed by atoms with E-state index < -0.39 is 97.4 Å². The van der Waals surface area contributed by atoms with Crippen molar-refractivity contribution in [3.05, 3.63) is 0 Å². The number of urea groups is 1. The first-order valence-electron chi connectivity index (χ1n) is 20.0. The van der Waals surface area contributed by atoms with E-state index in [1.165, 1.54) is 5.48 Å². The monoisotopic (exact) mass is 871 g/mol. The van der Waals surface area contributed by atoms with E-state index in [9.17, 15) is 53.1 Å². The number of hydrogen-bond donors (Lipinski definition) is 13. The zero-order valence-electron chi connectivity index (χ0n) is 34.0. The number of aliphatic hydroxyl groups excluding tert-OH is 1. The van der Waals surface area contributed by atoms with Crippen LogP contribution in [0.3, 0.4) is 0 Å². The molecule has 2 aliphatic rings. The van der Waals surface area contributed by atoms with Gasteiger partial charge in [0.2, 0.25) is 53.2 Å². The van der Waals surface area contributed by atoms with Crippen LogP contribution in [0.4, 0.5) is 4.79 Å². The maximum Gasteiger partial charge on any atom is 0.315 e. The summed E-state index contributed by atoms with van der Waals surface area (Å²) in [5.41, 5.74) is 12.1. The number of nitrogens with one attached hydrogen (secondary N) is 9. The van der Waals surface area contributed by atoms with Gasteiger partial charge in [0.25, 0.3) is 0 Å². The lowest BCUT2D eigenvalue weighted by atomic mass is 9.87. The van der Waals surface area contributed by atoms with Gasteiger partial charge < -0.3 is 59.1 Å². The van der Waals surface area contributed by atoms with Gasteiger partial charge in [-0.25, -0.2) is 10.3 Å². The Morgan fingerprint density at radius 1 is 0.767 bits per heavy atom. The number of aliphatic hydroxyl groups is 1. The zero-order valence-corrected chi connectivity index (χ0v) is 34.8. The summed E-state index contributed by atoms with van der Waals surface area (Å²) < 4.78 is 0. The van der Waals surface area contributed by atoms with Crippen molar-refractivity contribution >= 4 is 71.0 Å². The molecule has 0 spiro atoms. The molecule has 0 aromatic heterocycles. The van der Waals surface area contributed by atoms with E-state index in [1.807, 2.05) is 11.8 Å². The summed E-state index contributed by atoms with van der Waals surface area (Å²) in [7, 11) is 0. The first-order chi connectivity index (χ1) is 28.5. The summed E-state index contributed by atoms with van der Waals surface area (Å²) in [6.07, 6.45) is 3.31. The normalized spacial score (nSPS) is 19.1. The van der Waals surface area contributed by atoms with Gasteiger partial charge in [0, 0.05) is 42.7 Å². The molecule has 0 radical (unpaired) electrons. The molecule has 0 aliphatic carbocycles. The Hall–Kier alpha value is -5.23. The maximum atomic E-state index is 13.0. The van der Waals surface area contributed by atoms with Crippen molar-refractivity contribution < 1.29 is 58.3 Å². The van der Waals surface area contributed by atoms with Gasteiger partial charge in [-0.3, -0.25) is 48.4 Å². The van der Waals surface area contributed by atoms with Gasteiger partial charge in [0.15, 0.2) is 0 Å². The average molecular weight is 872 g/mol. The summed E-state index contributed by atoms with van der Waals surface area (Å²) in [5.74, 6) is -7.35. The van der Waals surface area contributed by atoms with Crippen LogP contribution < -0.4 is 59.5 Å². The van der Waals surface area contributed by atoms with Crippen molar-refractivity contribution in [2.24, 2.45) is 23.3 Å². The molecule has 0 saturated carbocycles. The van der Waals surface area contributed by atoms with Crippen LogP contribution in [0.2, 0.25) is 0 Å². The Kier molecular flexibility index (Phi) is 22.7. The molecule has 0 bridgehead atoms. The number of unbranched alkanes of at least 4 members (excludes halogenated alkanes) is 2. The molecule has 338 valence electrons. The predicted molar refractivity (Wildman–Crippen MR) is 215 cm³/mol. The second-order valence-electron chi connectivity index (χ2n) is 14.8. The topological polar surface area (TPSA) is 371 Å². The third-order valence-electron chi connectivity index (χ3n) is 10.2. The number of amides is 11. The predicted octanol–water partition coefficient (Wildman–Crippen LogP) is -4.01. The van der Waals surface area contributed by atoms with E-state index in [-0.39, 0.29) is 49.2 Å². The molecule has 23 nitrogen and oxygen atoms in total. The van der Waals surface area contributed by atoms with Crippen LogP contribution in [0.15, 0.2) is 0 Å². The Balaban J connectivity index is 1.73. The fourth-order valence-corrected chi connectivity index (χ4v) is 8.05. The number of nitrogens with two attached hydrogens (primary N) is 2. The summed E-state index contributed by atoms with van der Waals surface area (Å²) in [6.45, 7) is 1.62. The van der Waals surface area contributed by atoms with Gasteiger partial charge in [-0.15, -0.1) is 0 Å². The molecule has 2 aliphatic heterocycles. The summed E-state index contributed by atoms with van der Waals surface area (Å²) in [6, 6.07) is -3.95. The molecule has 24 heteroatoms. The molecule has 2 rings (SSSR count). The van der Waals surface area contributed by atoms with Crippen molar-refractivity contribution in [3.63, 3.8) is 0 Å². The molecule has 15 N–H and O–H groups in total. The van der Waals surface area contributed by atoms with E-state index in [4.69, 9.17) is 16.7 Å². The number of hydroxylamine groups is 1. The lowest BCUT2D eigenvalue weighted by Gasteiger charge is -2.25. The van der Waals surface area contributed by atoms with Crippen LogP contribution in [0.5, 0.6) is 0 Å². The van der Waals surface area contributed by atoms with E-state index >= 15 is 0 Å². The largest absolute Gasteiger partial charge is 0.394 e. The minimum Gasteiger partial charge on any atom is -0.394 e. The molecule has 2 heterocycles. The number of rotatable bonds is 29. The molecular formula is C36H61N11O12S. The van der Waals surface area contributed by atoms with Crippen molar-refractivity contribution in [2.45, 2.75) is 120 Å². The third-order valence-corrected chi connectivity index (χ3v) is 11.7. The minimum absolute atomic E-state index is 0.100. The highest BCUT2D eigenvalue weighted by molar-refractivity contribution is 8.00. The maximum absolute atomic E-state index is 13.0. The zero-order chi connectivity index (χ0) is 44.8. The Morgan fingerprint density at radius 3 is 2.12 bits per heavy atom. The van der Waals surface area contributed by atoms with E-state index in [2.05, 4.69) is 42.5 Å². The van der Waals surface area contributed by atoms with Crippen molar-refractivity contribution in [3.8, 4) is 0 Å². The Morgan fingerprint density at radius 2 is 1.47 bits per heavy atom. The highest BCUT2D eigenvalue weighted by Gasteiger charge is 2.42. The fraction of sp³-hybridized carbons (Fsp3) is 0.722. The number of thioether (sulfide) groups is 1. The lowest BCUT2D eigenvalue weighted by Crippen LogP contribution is -2.56. The number of hydrogen-bond acceptors (Lipinski definition) is 13. The molecule has 0 aromatic rings. The van der Waals surface area contributed by atoms with Gasteiger partial charge >= 0.3 is 6.03 Å². The molecule has 2 fully saturated rings. The number of carbonyl (C=O) groups is 10. The van der Waals surface area contributed by atoms with Gasteiger partial charge in [0.1, 0.15) is 18.1 Å². The molecule has 2 saturated heterocycles. The lowest BCUT2D eigenvalue weighted by molar-refractivity contribution is -0.138. The van der Waals surface area contributed by atoms with Crippen LogP contribution in [0, 0.1) is 11.8 Å². The van der Waals surface area contributed by atoms with Crippen LogP contribution in [0.25, 0.3) is 0 Å². The number of carbonyl (C=O) groups excluding carboxylic acids is 10. The minimum atomic E-state index is -1.59. The highest BCUT2D eigenvalue weighted by Crippen LogP contribution is 2.33. The fourth-order valence-electron chi connectivity index (χ4n) is 6.51. The highest BCUT2D eigenvalue weighted by atomic mass is 32.2. The van der Waals surface area contributed by atoms with E-state index in [0.717, 1.165) is 18.6 Å². The quantitative estimate of drug-likeness (QED) is 0.0148. The summed E-state index contributed by atoms with van der Waals surface area (Å²) in [4.78, 5) is 123. The molecular weight excluding hydrogens is 811 g/mol. The smallest absolute Gasteiger partial charge is 0.315 e. The Labute approximate surface area is 351 Å². The summed E-state index contributed by atoms with van der Waals surface area (Å²) >= 11 is 1.82. The number of primary amides is 2. The summed E-state index contributed by atoms with van der Waals surface area (Å²) in [5, 5.41) is 39.3. The SMILES string of the molecule is CCC(C)C(CC(=O)NO)C(=O)N[C@@H](CO)C(=O)N[C@@H](CCC(N)=O)C(=O)NCC(=O)NCC(=O)N[C@@H](CCCCNC(=O)CCCC[C@@H]1SC[C@@H]2NC(=O)N[C@@H]21)C(N)=O. The van der Waals surface area contributed by atoms with Gasteiger partial charge in [-0.05, 0) is 44.4 Å². The first-order valence-corrected chi connectivity index (χ1v) is 21.1. The second kappa shape index (κ2) is 26.8.